The Labute approximate surface area is 153 Å². The molecule has 0 aliphatic heterocycles. The average Bonchev–Trinajstić information content (AvgIpc) is 2.84. The molecule has 0 bridgehead atoms. The normalized spacial score (nSPS) is 12.7. The van der Waals surface area contributed by atoms with Crippen molar-refractivity contribution < 1.29 is 8.42 Å². The average molecular weight is 422 g/mol. The first-order valence-corrected chi connectivity index (χ1v) is 10.3. The smallest absolute Gasteiger partial charge is 0.213 e. The van der Waals surface area contributed by atoms with Gasteiger partial charge in [0.2, 0.25) is 10.0 Å². The summed E-state index contributed by atoms with van der Waals surface area (Å²) in [6, 6.07) is 2.08. The first-order chi connectivity index (χ1) is 11.2. The summed E-state index contributed by atoms with van der Waals surface area (Å²) in [7, 11) is 4.24. The van der Waals surface area contributed by atoms with Gasteiger partial charge in [-0.2, -0.15) is 0 Å². The van der Waals surface area contributed by atoms with E-state index < -0.39 is 10.0 Å². The number of nitrogens with zero attached hydrogens (tertiary/aromatic N) is 4. The Hall–Kier alpha value is -1.06. The lowest BCUT2D eigenvalue weighted by Gasteiger charge is -2.23. The van der Waals surface area contributed by atoms with E-state index in [2.05, 4.69) is 36.9 Å². The van der Waals surface area contributed by atoms with Crippen LogP contribution in [0.5, 0.6) is 0 Å². The van der Waals surface area contributed by atoms with E-state index in [9.17, 15) is 8.42 Å². The van der Waals surface area contributed by atoms with Gasteiger partial charge in [-0.3, -0.25) is 4.99 Å². The summed E-state index contributed by atoms with van der Waals surface area (Å²) in [5.74, 6) is 0.918. The molecule has 138 valence electrons. The largest absolute Gasteiger partial charge is 0.356 e. The van der Waals surface area contributed by atoms with Crippen LogP contribution in [0.2, 0.25) is 0 Å². The zero-order chi connectivity index (χ0) is 18.3. The molecule has 0 saturated carbocycles. The minimum absolute atomic E-state index is 0.132. The molecule has 1 N–H and O–H groups in total. The lowest BCUT2D eigenvalue weighted by Crippen LogP contribution is -2.40. The summed E-state index contributed by atoms with van der Waals surface area (Å²) in [5.41, 5.74) is 1.17. The SMILES string of the molecule is CCS(=O)(=O)N(C)CCCNC(=NC)N(C)Cc1cc(Br)cn1C. The summed E-state index contributed by atoms with van der Waals surface area (Å²) in [4.78, 5) is 6.32. The maximum Gasteiger partial charge on any atom is 0.213 e. The highest BCUT2D eigenvalue weighted by molar-refractivity contribution is 9.10. The van der Waals surface area contributed by atoms with Crippen molar-refractivity contribution in [3.63, 3.8) is 0 Å². The molecule has 0 fully saturated rings. The molecule has 0 aromatic carbocycles. The number of aryl methyl sites for hydroxylation is 1. The fourth-order valence-electron chi connectivity index (χ4n) is 2.29. The number of aliphatic imine (C=N–C) groups is 1. The Balaban J connectivity index is 2.46. The van der Waals surface area contributed by atoms with Crippen LogP contribution in [0.3, 0.4) is 0 Å². The Morgan fingerprint density at radius 3 is 2.58 bits per heavy atom. The van der Waals surface area contributed by atoms with E-state index in [-0.39, 0.29) is 5.75 Å². The molecule has 0 spiro atoms. The van der Waals surface area contributed by atoms with Gasteiger partial charge in [0.25, 0.3) is 0 Å². The van der Waals surface area contributed by atoms with Gasteiger partial charge in [-0.1, -0.05) is 0 Å². The topological polar surface area (TPSA) is 69.9 Å². The maximum absolute atomic E-state index is 11.7. The van der Waals surface area contributed by atoms with Crippen LogP contribution in [-0.2, 0) is 23.6 Å². The number of aromatic nitrogens is 1. The fourth-order valence-corrected chi connectivity index (χ4v) is 3.71. The van der Waals surface area contributed by atoms with Crippen LogP contribution in [-0.4, -0.2) is 68.1 Å². The molecule has 0 unspecified atom stereocenters. The van der Waals surface area contributed by atoms with Crippen molar-refractivity contribution in [2.45, 2.75) is 19.9 Å². The van der Waals surface area contributed by atoms with Crippen LogP contribution < -0.4 is 5.32 Å². The highest BCUT2D eigenvalue weighted by atomic mass is 79.9. The van der Waals surface area contributed by atoms with E-state index in [1.807, 2.05) is 25.2 Å². The number of guanidine groups is 1. The molecule has 0 atom stereocenters. The summed E-state index contributed by atoms with van der Waals surface area (Å²) < 4.78 is 27.9. The molecule has 0 amide bonds. The molecule has 24 heavy (non-hydrogen) atoms. The molecule has 1 aromatic rings. The Morgan fingerprint density at radius 1 is 1.42 bits per heavy atom. The highest BCUT2D eigenvalue weighted by Gasteiger charge is 2.14. The predicted octanol–water partition coefficient (Wildman–Crippen LogP) is 1.47. The van der Waals surface area contributed by atoms with E-state index in [0.29, 0.717) is 13.1 Å². The van der Waals surface area contributed by atoms with Crippen molar-refractivity contribution in [2.24, 2.45) is 12.0 Å². The molecular formula is C15H28BrN5O2S. The van der Waals surface area contributed by atoms with Gasteiger partial charge in [-0.25, -0.2) is 12.7 Å². The lowest BCUT2D eigenvalue weighted by atomic mass is 10.4. The molecule has 0 aliphatic carbocycles. The zero-order valence-electron chi connectivity index (χ0n) is 15.1. The van der Waals surface area contributed by atoms with Gasteiger partial charge in [0, 0.05) is 57.6 Å². The standard InChI is InChI=1S/C15H28BrN5O2S/c1-6-24(22,23)21(5)9-7-8-18-15(17-2)20(4)12-14-10-13(16)11-19(14)3/h10-11H,6-9,12H2,1-5H3,(H,17,18). The predicted molar refractivity (Wildman–Crippen MR) is 103 cm³/mol. The van der Waals surface area contributed by atoms with Crippen LogP contribution in [0.15, 0.2) is 21.7 Å². The lowest BCUT2D eigenvalue weighted by molar-refractivity contribution is 0.445. The van der Waals surface area contributed by atoms with Gasteiger partial charge >= 0.3 is 0 Å². The van der Waals surface area contributed by atoms with Crippen molar-refractivity contribution in [1.29, 1.82) is 0 Å². The van der Waals surface area contributed by atoms with E-state index in [1.54, 1.807) is 21.0 Å². The van der Waals surface area contributed by atoms with Crippen molar-refractivity contribution in [1.82, 2.24) is 19.1 Å². The third-order valence-corrected chi connectivity index (χ3v) is 6.12. The van der Waals surface area contributed by atoms with Crippen molar-refractivity contribution >= 4 is 31.9 Å². The van der Waals surface area contributed by atoms with E-state index >= 15 is 0 Å². The number of hydrogen-bond donors (Lipinski definition) is 1. The molecule has 9 heteroatoms. The third kappa shape index (κ3) is 6.10. The van der Waals surface area contributed by atoms with Crippen molar-refractivity contribution in [3.8, 4) is 0 Å². The summed E-state index contributed by atoms with van der Waals surface area (Å²) in [6.45, 7) is 3.54. The Morgan fingerprint density at radius 2 is 2.08 bits per heavy atom. The second-order valence-electron chi connectivity index (χ2n) is 5.67. The molecule has 0 radical (unpaired) electrons. The number of rotatable bonds is 8. The second-order valence-corrected chi connectivity index (χ2v) is 8.95. The molecule has 1 aromatic heterocycles. The Kier molecular flexibility index (Phi) is 8.24. The van der Waals surface area contributed by atoms with Crippen molar-refractivity contribution in [2.75, 3.05) is 40.0 Å². The van der Waals surface area contributed by atoms with E-state index in [1.165, 1.54) is 10.00 Å². The van der Waals surface area contributed by atoms with Crippen LogP contribution in [0, 0.1) is 0 Å². The van der Waals surface area contributed by atoms with E-state index in [0.717, 1.165) is 23.4 Å². The maximum atomic E-state index is 11.7. The number of halogens is 1. The van der Waals surface area contributed by atoms with Crippen LogP contribution in [0.4, 0.5) is 0 Å². The molecule has 0 saturated heterocycles. The molecular weight excluding hydrogens is 394 g/mol. The fraction of sp³-hybridized carbons (Fsp3) is 0.667. The third-order valence-electron chi connectivity index (χ3n) is 3.82. The number of sulfonamides is 1. The minimum atomic E-state index is -3.11. The quantitative estimate of drug-likeness (QED) is 0.391. The molecule has 1 rings (SSSR count). The van der Waals surface area contributed by atoms with Crippen LogP contribution >= 0.6 is 15.9 Å². The second kappa shape index (κ2) is 9.43. The zero-order valence-corrected chi connectivity index (χ0v) is 17.5. The van der Waals surface area contributed by atoms with Gasteiger partial charge < -0.3 is 14.8 Å². The van der Waals surface area contributed by atoms with Gasteiger partial charge in [0.15, 0.2) is 5.96 Å². The summed E-state index contributed by atoms with van der Waals surface area (Å²) >= 11 is 3.47. The van der Waals surface area contributed by atoms with Crippen LogP contribution in [0.1, 0.15) is 19.0 Å². The first-order valence-electron chi connectivity index (χ1n) is 7.87. The van der Waals surface area contributed by atoms with Gasteiger partial charge in [-0.15, -0.1) is 0 Å². The van der Waals surface area contributed by atoms with Gasteiger partial charge in [0.05, 0.1) is 12.3 Å². The summed E-state index contributed by atoms with van der Waals surface area (Å²) in [6.07, 6.45) is 2.74. The number of nitrogens with one attached hydrogen (secondary N) is 1. The number of hydrogen-bond acceptors (Lipinski definition) is 3. The molecule has 7 nitrogen and oxygen atoms in total. The van der Waals surface area contributed by atoms with Crippen LogP contribution in [0.25, 0.3) is 0 Å². The van der Waals surface area contributed by atoms with E-state index in [4.69, 9.17) is 0 Å². The first kappa shape index (κ1) is 21.0. The minimum Gasteiger partial charge on any atom is -0.356 e. The molecule has 0 aliphatic rings. The van der Waals surface area contributed by atoms with Gasteiger partial charge in [-0.05, 0) is 35.3 Å². The Bertz CT molecular complexity index is 657. The van der Waals surface area contributed by atoms with Crippen molar-refractivity contribution in [3.05, 3.63) is 22.4 Å². The summed E-state index contributed by atoms with van der Waals surface area (Å²) in [5, 5.41) is 3.27. The molecule has 1 heterocycles. The monoisotopic (exact) mass is 421 g/mol. The highest BCUT2D eigenvalue weighted by Crippen LogP contribution is 2.14. The van der Waals surface area contributed by atoms with Gasteiger partial charge in [0.1, 0.15) is 0 Å².